The first-order valence-electron chi connectivity index (χ1n) is 5.96. The van der Waals surface area contributed by atoms with Gasteiger partial charge in [0.25, 0.3) is 0 Å². The van der Waals surface area contributed by atoms with Crippen molar-refractivity contribution >= 4 is 22.7 Å². The molecule has 0 spiro atoms. The number of nitrogens with one attached hydrogen (secondary N) is 1. The van der Waals surface area contributed by atoms with Crippen LogP contribution >= 0.6 is 0 Å². The molecule has 3 rings (SSSR count). The number of rotatable bonds is 4. The van der Waals surface area contributed by atoms with Gasteiger partial charge in [-0.15, -0.1) is 5.10 Å². The number of fused-ring (bicyclic) bond motifs is 1. The van der Waals surface area contributed by atoms with Crippen molar-refractivity contribution in [3.05, 3.63) is 30.6 Å². The van der Waals surface area contributed by atoms with Crippen molar-refractivity contribution in [1.29, 1.82) is 0 Å². The van der Waals surface area contributed by atoms with E-state index in [4.69, 9.17) is 0 Å². The molecule has 21 heavy (non-hydrogen) atoms. The van der Waals surface area contributed by atoms with E-state index in [0.717, 1.165) is 0 Å². The van der Waals surface area contributed by atoms with Gasteiger partial charge >= 0.3 is 6.61 Å². The maximum absolute atomic E-state index is 12.1. The fourth-order valence-electron chi connectivity index (χ4n) is 1.80. The molecule has 0 unspecified atom stereocenters. The molecule has 0 aliphatic heterocycles. The van der Waals surface area contributed by atoms with Crippen LogP contribution in [0.25, 0.3) is 11.2 Å². The van der Waals surface area contributed by atoms with Gasteiger partial charge in [0.15, 0.2) is 17.0 Å². The summed E-state index contributed by atoms with van der Waals surface area (Å²) in [6, 6.07) is 6.07. The highest BCUT2D eigenvalue weighted by molar-refractivity contribution is 5.84. The van der Waals surface area contributed by atoms with Gasteiger partial charge in [0.2, 0.25) is 0 Å². The summed E-state index contributed by atoms with van der Waals surface area (Å²) in [4.78, 5) is 8.17. The summed E-state index contributed by atoms with van der Waals surface area (Å²) in [6.07, 6.45) is 1.39. The summed E-state index contributed by atoms with van der Waals surface area (Å²) in [5.41, 5.74) is 1.76. The summed E-state index contributed by atoms with van der Waals surface area (Å²) >= 11 is 0. The van der Waals surface area contributed by atoms with E-state index in [1.807, 2.05) is 0 Å². The average Bonchev–Trinajstić information content (AvgIpc) is 2.83. The fourth-order valence-corrected chi connectivity index (χ4v) is 1.80. The third-order valence-electron chi connectivity index (χ3n) is 2.73. The minimum atomic E-state index is -2.84. The number of ether oxygens (including phenoxy) is 1. The van der Waals surface area contributed by atoms with Gasteiger partial charge in [-0.3, -0.25) is 0 Å². The SMILES string of the molecule is Cn1nnc2c(Nc3ccc(OC(F)F)cc3)ncnc21. The highest BCUT2D eigenvalue weighted by Crippen LogP contribution is 2.23. The summed E-state index contributed by atoms with van der Waals surface area (Å²) in [5.74, 6) is 0.568. The van der Waals surface area contributed by atoms with Gasteiger partial charge in [-0.2, -0.15) is 8.78 Å². The molecule has 0 saturated carbocycles. The number of hydrogen-bond acceptors (Lipinski definition) is 6. The zero-order valence-electron chi connectivity index (χ0n) is 10.9. The number of hydrogen-bond donors (Lipinski definition) is 1. The molecule has 0 atom stereocenters. The number of nitrogens with zero attached hydrogens (tertiary/aromatic N) is 5. The predicted octanol–water partition coefficient (Wildman–Crippen LogP) is 2.10. The maximum Gasteiger partial charge on any atom is 0.387 e. The van der Waals surface area contributed by atoms with E-state index in [2.05, 4.69) is 30.3 Å². The number of halogens is 2. The predicted molar refractivity (Wildman–Crippen MR) is 70.5 cm³/mol. The molecule has 1 aromatic carbocycles. The molecule has 7 nitrogen and oxygen atoms in total. The number of anilines is 2. The van der Waals surface area contributed by atoms with Crippen molar-refractivity contribution < 1.29 is 13.5 Å². The molecule has 1 N–H and O–H groups in total. The van der Waals surface area contributed by atoms with Crippen LogP contribution in [0.15, 0.2) is 30.6 Å². The first-order valence-corrected chi connectivity index (χ1v) is 5.96. The third-order valence-corrected chi connectivity index (χ3v) is 2.73. The van der Waals surface area contributed by atoms with E-state index in [9.17, 15) is 8.78 Å². The Bertz CT molecular complexity index is 758. The lowest BCUT2D eigenvalue weighted by molar-refractivity contribution is -0.0498. The molecule has 108 valence electrons. The molecule has 0 bridgehead atoms. The molecular weight excluding hydrogens is 282 g/mol. The molecule has 0 amide bonds. The van der Waals surface area contributed by atoms with E-state index in [1.165, 1.54) is 23.1 Å². The molecule has 9 heteroatoms. The van der Waals surface area contributed by atoms with E-state index >= 15 is 0 Å². The quantitative estimate of drug-likeness (QED) is 0.793. The molecular formula is C12H10F2N6O. The number of benzene rings is 1. The molecule has 0 radical (unpaired) electrons. The molecule has 3 aromatic rings. The topological polar surface area (TPSA) is 77.8 Å². The second-order valence-corrected chi connectivity index (χ2v) is 4.14. The zero-order valence-corrected chi connectivity index (χ0v) is 10.9. The molecule has 2 heterocycles. The second-order valence-electron chi connectivity index (χ2n) is 4.14. The van der Waals surface area contributed by atoms with Crippen molar-refractivity contribution in [2.75, 3.05) is 5.32 Å². The summed E-state index contributed by atoms with van der Waals surface area (Å²) < 4.78 is 30.0. The van der Waals surface area contributed by atoms with Crippen LogP contribution < -0.4 is 10.1 Å². The van der Waals surface area contributed by atoms with Gasteiger partial charge in [-0.05, 0) is 24.3 Å². The smallest absolute Gasteiger partial charge is 0.387 e. The van der Waals surface area contributed by atoms with E-state index in [-0.39, 0.29) is 5.75 Å². The molecule has 2 aromatic heterocycles. The fraction of sp³-hybridized carbons (Fsp3) is 0.167. The molecule has 0 aliphatic rings. The standard InChI is InChI=1S/C12H10F2N6O/c1-20-11-9(18-19-20)10(15-6-16-11)17-7-2-4-8(5-3-7)21-12(13)14/h2-6,12H,1H3,(H,15,16,17). The van der Waals surface area contributed by atoms with E-state index in [1.54, 1.807) is 19.2 Å². The van der Waals surface area contributed by atoms with Gasteiger partial charge in [-0.25, -0.2) is 14.6 Å². The number of alkyl halides is 2. The van der Waals surface area contributed by atoms with Gasteiger partial charge in [0, 0.05) is 12.7 Å². The first kappa shape index (κ1) is 13.2. The Morgan fingerprint density at radius 1 is 1.19 bits per heavy atom. The number of aromatic nitrogens is 5. The summed E-state index contributed by atoms with van der Waals surface area (Å²) in [5, 5.41) is 10.9. The summed E-state index contributed by atoms with van der Waals surface area (Å²) in [7, 11) is 1.72. The minimum Gasteiger partial charge on any atom is -0.435 e. The van der Waals surface area contributed by atoms with Crippen molar-refractivity contribution in [1.82, 2.24) is 25.0 Å². The normalized spacial score (nSPS) is 11.0. The highest BCUT2D eigenvalue weighted by Gasteiger charge is 2.10. The lowest BCUT2D eigenvalue weighted by atomic mass is 10.3. The van der Waals surface area contributed by atoms with Crippen LogP contribution in [0.5, 0.6) is 5.75 Å². The molecule has 0 aliphatic carbocycles. The van der Waals surface area contributed by atoms with Crippen molar-refractivity contribution in [3.63, 3.8) is 0 Å². The van der Waals surface area contributed by atoms with Crippen LogP contribution in [-0.4, -0.2) is 31.6 Å². The van der Waals surface area contributed by atoms with E-state index in [0.29, 0.717) is 22.7 Å². The first-order chi connectivity index (χ1) is 10.1. The van der Waals surface area contributed by atoms with Gasteiger partial charge in [0.1, 0.15) is 12.1 Å². The Hall–Kier alpha value is -2.84. The Balaban J connectivity index is 1.85. The van der Waals surface area contributed by atoms with Gasteiger partial charge in [0.05, 0.1) is 0 Å². The lowest BCUT2D eigenvalue weighted by Gasteiger charge is -2.07. The number of aryl methyl sites for hydroxylation is 1. The second kappa shape index (κ2) is 5.27. The Morgan fingerprint density at radius 3 is 2.67 bits per heavy atom. The van der Waals surface area contributed by atoms with Crippen molar-refractivity contribution in [3.8, 4) is 5.75 Å². The van der Waals surface area contributed by atoms with Crippen LogP contribution in [-0.2, 0) is 7.05 Å². The highest BCUT2D eigenvalue weighted by atomic mass is 19.3. The van der Waals surface area contributed by atoms with Gasteiger partial charge < -0.3 is 10.1 Å². The van der Waals surface area contributed by atoms with Crippen molar-refractivity contribution in [2.24, 2.45) is 7.05 Å². The van der Waals surface area contributed by atoms with Crippen LogP contribution in [0.1, 0.15) is 0 Å². The molecule has 0 saturated heterocycles. The Kier molecular flexibility index (Phi) is 3.30. The lowest BCUT2D eigenvalue weighted by Crippen LogP contribution is -2.02. The van der Waals surface area contributed by atoms with Crippen LogP contribution in [0.3, 0.4) is 0 Å². The van der Waals surface area contributed by atoms with Crippen LogP contribution in [0.4, 0.5) is 20.3 Å². The van der Waals surface area contributed by atoms with Crippen LogP contribution in [0, 0.1) is 0 Å². The van der Waals surface area contributed by atoms with Crippen LogP contribution in [0.2, 0.25) is 0 Å². The minimum absolute atomic E-state index is 0.0860. The van der Waals surface area contributed by atoms with Gasteiger partial charge in [-0.1, -0.05) is 5.21 Å². The zero-order chi connectivity index (χ0) is 14.8. The largest absolute Gasteiger partial charge is 0.435 e. The summed E-state index contributed by atoms with van der Waals surface area (Å²) in [6.45, 7) is -2.84. The van der Waals surface area contributed by atoms with E-state index < -0.39 is 6.61 Å². The maximum atomic E-state index is 12.1. The Labute approximate surface area is 117 Å². The van der Waals surface area contributed by atoms with Crippen molar-refractivity contribution in [2.45, 2.75) is 6.61 Å². The average molecular weight is 292 g/mol. The molecule has 0 fully saturated rings. The third kappa shape index (κ3) is 2.71. The monoisotopic (exact) mass is 292 g/mol. The Morgan fingerprint density at radius 2 is 1.95 bits per heavy atom.